The van der Waals surface area contributed by atoms with Crippen molar-refractivity contribution in [2.75, 3.05) is 17.6 Å². The predicted molar refractivity (Wildman–Crippen MR) is 50.2 cm³/mol. The van der Waals surface area contributed by atoms with Crippen LogP contribution in [0.15, 0.2) is 12.3 Å². The molecule has 0 atom stereocenters. The monoisotopic (exact) mass is 235 g/mol. The zero-order valence-corrected chi connectivity index (χ0v) is 7.88. The third kappa shape index (κ3) is 3.30. The summed E-state index contributed by atoms with van der Waals surface area (Å²) >= 11 is 0. The van der Waals surface area contributed by atoms with Crippen LogP contribution in [0.2, 0.25) is 0 Å². The van der Waals surface area contributed by atoms with Crippen molar-refractivity contribution in [3.63, 3.8) is 0 Å². The first-order valence-corrected chi connectivity index (χ1v) is 4.09. The van der Waals surface area contributed by atoms with Crippen LogP contribution >= 0.6 is 0 Å². The zero-order valence-electron chi connectivity index (χ0n) is 7.88. The summed E-state index contributed by atoms with van der Waals surface area (Å²) in [5.41, 5.74) is 4.88. The Morgan fingerprint density at radius 3 is 2.69 bits per heavy atom. The van der Waals surface area contributed by atoms with E-state index in [1.54, 1.807) is 0 Å². The largest absolute Gasteiger partial charge is 0.478 e. The Kier molecular flexibility index (Phi) is 3.21. The first-order chi connectivity index (χ1) is 7.29. The van der Waals surface area contributed by atoms with Gasteiger partial charge in [-0.15, -0.1) is 0 Å². The molecule has 0 spiro atoms. The quantitative estimate of drug-likeness (QED) is 0.735. The molecule has 0 aliphatic carbocycles. The highest BCUT2D eigenvalue weighted by molar-refractivity contribution is 5.94. The molecule has 0 aliphatic heterocycles. The van der Waals surface area contributed by atoms with Gasteiger partial charge in [-0.05, 0) is 6.07 Å². The molecule has 1 rings (SSSR count). The maximum absolute atomic E-state index is 11.8. The summed E-state index contributed by atoms with van der Waals surface area (Å²) in [4.78, 5) is 14.1. The summed E-state index contributed by atoms with van der Waals surface area (Å²) in [5, 5.41) is 10.6. The van der Waals surface area contributed by atoms with E-state index in [-0.39, 0.29) is 17.1 Å². The standard InChI is InChI=1S/C8H8F3N3O2/c9-8(10,11)3-14-6-1-4(7(15)16)5(12)2-13-6/h1-2H,3,12H2,(H,13,14)(H,15,16). The van der Waals surface area contributed by atoms with Crippen LogP contribution in [0, 0.1) is 0 Å². The molecule has 16 heavy (non-hydrogen) atoms. The van der Waals surface area contributed by atoms with E-state index in [2.05, 4.69) is 4.98 Å². The summed E-state index contributed by atoms with van der Waals surface area (Å²) in [5.74, 6) is -1.51. The molecule has 1 aromatic rings. The number of aromatic nitrogens is 1. The second-order valence-corrected chi connectivity index (χ2v) is 2.93. The van der Waals surface area contributed by atoms with E-state index >= 15 is 0 Å². The average molecular weight is 235 g/mol. The molecular formula is C8H8F3N3O2. The summed E-state index contributed by atoms with van der Waals surface area (Å²) in [6, 6.07) is 0.948. The Labute approximate surface area is 88.1 Å². The molecule has 0 fully saturated rings. The fourth-order valence-corrected chi connectivity index (χ4v) is 0.939. The van der Waals surface area contributed by atoms with Crippen molar-refractivity contribution in [2.45, 2.75) is 6.18 Å². The summed E-state index contributed by atoms with van der Waals surface area (Å²) in [6.07, 6.45) is -3.41. The van der Waals surface area contributed by atoms with E-state index in [4.69, 9.17) is 10.8 Å². The topological polar surface area (TPSA) is 88.2 Å². The maximum Gasteiger partial charge on any atom is 0.405 e. The van der Waals surface area contributed by atoms with Gasteiger partial charge in [-0.3, -0.25) is 0 Å². The zero-order chi connectivity index (χ0) is 12.3. The Morgan fingerprint density at radius 1 is 1.56 bits per heavy atom. The minimum absolute atomic E-state index is 0.106. The minimum Gasteiger partial charge on any atom is -0.478 e. The summed E-state index contributed by atoms with van der Waals surface area (Å²) in [7, 11) is 0. The van der Waals surface area contributed by atoms with Crippen molar-refractivity contribution in [1.29, 1.82) is 0 Å². The fraction of sp³-hybridized carbons (Fsp3) is 0.250. The highest BCUT2D eigenvalue weighted by Crippen LogP contribution is 2.18. The Morgan fingerprint density at radius 2 is 2.19 bits per heavy atom. The Bertz CT molecular complexity index is 406. The predicted octanol–water partition coefficient (Wildman–Crippen LogP) is 1.34. The molecule has 5 nitrogen and oxygen atoms in total. The SMILES string of the molecule is Nc1cnc(NCC(F)(F)F)cc1C(=O)O. The Balaban J connectivity index is 2.83. The summed E-state index contributed by atoms with van der Waals surface area (Å²) in [6.45, 7) is -1.29. The molecule has 0 unspecified atom stereocenters. The van der Waals surface area contributed by atoms with Gasteiger partial charge < -0.3 is 16.2 Å². The Hall–Kier alpha value is -1.99. The lowest BCUT2D eigenvalue weighted by molar-refractivity contribution is -0.115. The number of halogens is 3. The number of carbonyl (C=O) groups is 1. The van der Waals surface area contributed by atoms with Crippen LogP contribution in [0.25, 0.3) is 0 Å². The van der Waals surface area contributed by atoms with Gasteiger partial charge in [0.15, 0.2) is 0 Å². The van der Waals surface area contributed by atoms with E-state index in [1.165, 1.54) is 0 Å². The first kappa shape index (κ1) is 12.1. The average Bonchev–Trinajstić information content (AvgIpc) is 2.14. The van der Waals surface area contributed by atoms with Crippen molar-refractivity contribution < 1.29 is 23.1 Å². The molecule has 1 aromatic heterocycles. The van der Waals surface area contributed by atoms with Crippen LogP contribution in [-0.2, 0) is 0 Å². The van der Waals surface area contributed by atoms with Crippen molar-refractivity contribution in [3.05, 3.63) is 17.8 Å². The number of rotatable bonds is 3. The maximum atomic E-state index is 11.8. The normalized spacial score (nSPS) is 11.2. The second-order valence-electron chi connectivity index (χ2n) is 2.93. The highest BCUT2D eigenvalue weighted by Gasteiger charge is 2.26. The number of carboxylic acids is 1. The number of pyridine rings is 1. The number of nitrogen functional groups attached to an aromatic ring is 1. The van der Waals surface area contributed by atoms with Gasteiger partial charge in [0.1, 0.15) is 12.4 Å². The molecule has 0 amide bonds. The van der Waals surface area contributed by atoms with Gasteiger partial charge in [0.05, 0.1) is 17.4 Å². The number of hydrogen-bond donors (Lipinski definition) is 3. The molecule has 0 bridgehead atoms. The van der Waals surface area contributed by atoms with Crippen LogP contribution in [0.4, 0.5) is 24.7 Å². The van der Waals surface area contributed by atoms with Crippen LogP contribution < -0.4 is 11.1 Å². The van der Waals surface area contributed by atoms with Crippen molar-refractivity contribution in [1.82, 2.24) is 4.98 Å². The van der Waals surface area contributed by atoms with E-state index < -0.39 is 18.7 Å². The molecule has 8 heteroatoms. The molecule has 0 aromatic carbocycles. The van der Waals surface area contributed by atoms with Crippen molar-refractivity contribution in [3.8, 4) is 0 Å². The third-order valence-electron chi connectivity index (χ3n) is 1.64. The van der Waals surface area contributed by atoms with Crippen LogP contribution in [0.3, 0.4) is 0 Å². The fourth-order valence-electron chi connectivity index (χ4n) is 0.939. The van der Waals surface area contributed by atoms with Crippen LogP contribution in [-0.4, -0.2) is 28.8 Å². The number of anilines is 2. The summed E-state index contributed by atoms with van der Waals surface area (Å²) < 4.78 is 35.5. The van der Waals surface area contributed by atoms with Gasteiger partial charge in [0.2, 0.25) is 0 Å². The number of hydrogen-bond acceptors (Lipinski definition) is 4. The number of alkyl halides is 3. The lowest BCUT2D eigenvalue weighted by Gasteiger charge is -2.09. The molecule has 1 heterocycles. The minimum atomic E-state index is -4.40. The molecule has 0 saturated carbocycles. The van der Waals surface area contributed by atoms with E-state index in [9.17, 15) is 18.0 Å². The number of carboxylic acid groups (broad SMARTS) is 1. The van der Waals surface area contributed by atoms with Gasteiger partial charge in [-0.2, -0.15) is 13.2 Å². The van der Waals surface area contributed by atoms with E-state index in [0.29, 0.717) is 0 Å². The number of aromatic carboxylic acids is 1. The van der Waals surface area contributed by atoms with E-state index in [0.717, 1.165) is 12.3 Å². The second kappa shape index (κ2) is 4.25. The van der Waals surface area contributed by atoms with Gasteiger partial charge in [-0.25, -0.2) is 9.78 Å². The highest BCUT2D eigenvalue weighted by atomic mass is 19.4. The molecule has 0 saturated heterocycles. The first-order valence-electron chi connectivity index (χ1n) is 4.09. The molecule has 88 valence electrons. The molecule has 0 radical (unpaired) electrons. The van der Waals surface area contributed by atoms with Crippen molar-refractivity contribution in [2.24, 2.45) is 0 Å². The van der Waals surface area contributed by atoms with Gasteiger partial charge in [0.25, 0.3) is 0 Å². The smallest absolute Gasteiger partial charge is 0.405 e. The van der Waals surface area contributed by atoms with Crippen molar-refractivity contribution >= 4 is 17.5 Å². The van der Waals surface area contributed by atoms with Gasteiger partial charge in [0, 0.05) is 0 Å². The molecular weight excluding hydrogens is 227 g/mol. The van der Waals surface area contributed by atoms with Crippen LogP contribution in [0.5, 0.6) is 0 Å². The third-order valence-corrected chi connectivity index (χ3v) is 1.64. The van der Waals surface area contributed by atoms with Gasteiger partial charge >= 0.3 is 12.1 Å². The number of nitrogens with two attached hydrogens (primary N) is 1. The molecule has 4 N–H and O–H groups in total. The molecule has 0 aliphatic rings. The van der Waals surface area contributed by atoms with Gasteiger partial charge in [-0.1, -0.05) is 0 Å². The number of nitrogens with zero attached hydrogens (tertiary/aromatic N) is 1. The lowest BCUT2D eigenvalue weighted by atomic mass is 10.2. The lowest BCUT2D eigenvalue weighted by Crippen LogP contribution is -2.22. The van der Waals surface area contributed by atoms with E-state index in [1.807, 2.05) is 5.32 Å². The van der Waals surface area contributed by atoms with Crippen LogP contribution in [0.1, 0.15) is 10.4 Å². The number of nitrogens with one attached hydrogen (secondary N) is 1.